The summed E-state index contributed by atoms with van der Waals surface area (Å²) >= 11 is 0. The van der Waals surface area contributed by atoms with Crippen LogP contribution in [0.1, 0.15) is 46.0 Å². The number of nitrogens with zero attached hydrogens (tertiary/aromatic N) is 1. The molecule has 2 aromatic rings. The van der Waals surface area contributed by atoms with Gasteiger partial charge in [-0.15, -0.1) is 0 Å². The fourth-order valence-corrected chi connectivity index (χ4v) is 3.22. The first kappa shape index (κ1) is 19.1. The van der Waals surface area contributed by atoms with E-state index in [2.05, 4.69) is 5.32 Å². The van der Waals surface area contributed by atoms with Gasteiger partial charge in [-0.1, -0.05) is 36.4 Å². The number of amides is 2. The second-order valence-electron chi connectivity index (χ2n) is 6.73. The highest BCUT2D eigenvalue weighted by Gasteiger charge is 2.19. The third-order valence-corrected chi connectivity index (χ3v) is 4.77. The van der Waals surface area contributed by atoms with Gasteiger partial charge < -0.3 is 15.0 Å². The quantitative estimate of drug-likeness (QED) is 0.818. The third kappa shape index (κ3) is 5.17. The van der Waals surface area contributed by atoms with E-state index in [1.54, 1.807) is 29.2 Å². The number of nitrogens with one attached hydrogen (secondary N) is 1. The summed E-state index contributed by atoms with van der Waals surface area (Å²) in [5, 5.41) is 2.90. The molecule has 142 valence electrons. The lowest BCUT2D eigenvalue weighted by atomic mass is 10.1. The van der Waals surface area contributed by atoms with Crippen molar-refractivity contribution in [2.75, 3.05) is 19.7 Å². The minimum atomic E-state index is -0.175. The number of rotatable bonds is 7. The number of carbonyl (C=O) groups is 2. The summed E-state index contributed by atoms with van der Waals surface area (Å²) < 4.78 is 5.53. The molecule has 1 atom stereocenters. The average molecular weight is 366 g/mol. The second-order valence-corrected chi connectivity index (χ2v) is 6.73. The van der Waals surface area contributed by atoms with Gasteiger partial charge in [0.15, 0.2) is 0 Å². The van der Waals surface area contributed by atoms with E-state index < -0.39 is 0 Å². The molecule has 2 aromatic carbocycles. The van der Waals surface area contributed by atoms with Crippen LogP contribution in [0.3, 0.4) is 0 Å². The van der Waals surface area contributed by atoms with Gasteiger partial charge in [0.25, 0.3) is 11.8 Å². The molecule has 1 fully saturated rings. The highest BCUT2D eigenvalue weighted by Crippen LogP contribution is 2.13. The zero-order chi connectivity index (χ0) is 19.1. The molecular weight excluding hydrogens is 340 g/mol. The Kier molecular flexibility index (Phi) is 6.60. The zero-order valence-corrected chi connectivity index (χ0v) is 15.7. The molecule has 1 unspecified atom stereocenters. The molecule has 0 aromatic heterocycles. The normalized spacial score (nSPS) is 16.1. The van der Waals surface area contributed by atoms with Crippen molar-refractivity contribution in [3.05, 3.63) is 71.3 Å². The van der Waals surface area contributed by atoms with E-state index in [1.165, 1.54) is 0 Å². The lowest BCUT2D eigenvalue weighted by Gasteiger charge is -2.21. The maximum Gasteiger partial charge on any atom is 0.254 e. The van der Waals surface area contributed by atoms with Crippen molar-refractivity contribution >= 4 is 11.8 Å². The van der Waals surface area contributed by atoms with Crippen LogP contribution in [0.5, 0.6) is 0 Å². The molecule has 2 amide bonds. The van der Waals surface area contributed by atoms with Gasteiger partial charge in [-0.3, -0.25) is 9.59 Å². The number of ether oxygens (including phenoxy) is 1. The number of hydrogen-bond donors (Lipinski definition) is 1. The van der Waals surface area contributed by atoms with Crippen molar-refractivity contribution in [1.82, 2.24) is 10.2 Å². The molecule has 0 bridgehead atoms. The molecular formula is C22H26N2O3. The largest absolute Gasteiger partial charge is 0.376 e. The molecule has 27 heavy (non-hydrogen) atoms. The predicted molar refractivity (Wildman–Crippen MR) is 105 cm³/mol. The van der Waals surface area contributed by atoms with Crippen LogP contribution in [-0.4, -0.2) is 42.5 Å². The highest BCUT2D eigenvalue weighted by molar-refractivity contribution is 5.99. The van der Waals surface area contributed by atoms with E-state index in [0.717, 1.165) is 25.0 Å². The maximum atomic E-state index is 12.9. The molecule has 0 radical (unpaired) electrons. The van der Waals surface area contributed by atoms with Gasteiger partial charge in [-0.25, -0.2) is 0 Å². The third-order valence-electron chi connectivity index (χ3n) is 4.77. The summed E-state index contributed by atoms with van der Waals surface area (Å²) in [4.78, 5) is 27.1. The Morgan fingerprint density at radius 2 is 1.89 bits per heavy atom. The average Bonchev–Trinajstić information content (AvgIpc) is 3.24. The smallest absolute Gasteiger partial charge is 0.254 e. The van der Waals surface area contributed by atoms with Crippen LogP contribution >= 0.6 is 0 Å². The summed E-state index contributed by atoms with van der Waals surface area (Å²) in [6.07, 6.45) is 2.11. The van der Waals surface area contributed by atoms with Crippen LogP contribution in [-0.2, 0) is 11.3 Å². The summed E-state index contributed by atoms with van der Waals surface area (Å²) in [5.41, 5.74) is 2.10. The van der Waals surface area contributed by atoms with Gasteiger partial charge in [0.1, 0.15) is 0 Å². The van der Waals surface area contributed by atoms with Crippen LogP contribution in [0, 0.1) is 0 Å². The molecule has 5 heteroatoms. The molecule has 0 saturated carbocycles. The first-order valence-electron chi connectivity index (χ1n) is 9.50. The molecule has 3 rings (SSSR count). The Morgan fingerprint density at radius 3 is 2.59 bits per heavy atom. The maximum absolute atomic E-state index is 12.9. The Morgan fingerprint density at radius 1 is 1.11 bits per heavy atom. The van der Waals surface area contributed by atoms with Gasteiger partial charge in [-0.05, 0) is 43.5 Å². The van der Waals surface area contributed by atoms with E-state index in [0.29, 0.717) is 30.8 Å². The van der Waals surface area contributed by atoms with Crippen molar-refractivity contribution in [1.29, 1.82) is 0 Å². The highest BCUT2D eigenvalue weighted by atomic mass is 16.5. The van der Waals surface area contributed by atoms with Crippen LogP contribution in [0.2, 0.25) is 0 Å². The first-order valence-corrected chi connectivity index (χ1v) is 9.50. The topological polar surface area (TPSA) is 58.6 Å². The van der Waals surface area contributed by atoms with Crippen LogP contribution in [0.15, 0.2) is 54.6 Å². The van der Waals surface area contributed by atoms with Crippen molar-refractivity contribution in [2.45, 2.75) is 32.4 Å². The Labute approximate surface area is 160 Å². The van der Waals surface area contributed by atoms with Crippen LogP contribution in [0.4, 0.5) is 0 Å². The fourth-order valence-electron chi connectivity index (χ4n) is 3.22. The van der Waals surface area contributed by atoms with E-state index >= 15 is 0 Å². The molecule has 0 spiro atoms. The standard InChI is InChI=1S/C22H26N2O3/c1-2-24(16-17-8-4-3-5-9-17)22(26)19-11-6-10-18(14-19)21(25)23-15-20-12-7-13-27-20/h3-6,8-11,14,20H,2,7,12-13,15-16H2,1H3,(H,23,25). The number of hydrogen-bond acceptors (Lipinski definition) is 3. The predicted octanol–water partition coefficient (Wildman–Crippen LogP) is 3.26. The molecule has 1 saturated heterocycles. The Bertz CT molecular complexity index is 770. The van der Waals surface area contributed by atoms with Gasteiger partial charge in [0.05, 0.1) is 6.10 Å². The van der Waals surface area contributed by atoms with Gasteiger partial charge in [0.2, 0.25) is 0 Å². The fraction of sp³-hybridized carbons (Fsp3) is 0.364. The summed E-state index contributed by atoms with van der Waals surface area (Å²) in [6.45, 7) is 4.37. The monoisotopic (exact) mass is 366 g/mol. The molecule has 1 aliphatic heterocycles. The Balaban J connectivity index is 1.65. The minimum Gasteiger partial charge on any atom is -0.376 e. The van der Waals surface area contributed by atoms with E-state index in [9.17, 15) is 9.59 Å². The summed E-state index contributed by atoms with van der Waals surface area (Å²) in [5.74, 6) is -0.249. The molecule has 1 heterocycles. The van der Waals surface area contributed by atoms with Crippen molar-refractivity contribution in [3.63, 3.8) is 0 Å². The van der Waals surface area contributed by atoms with Crippen molar-refractivity contribution < 1.29 is 14.3 Å². The lowest BCUT2D eigenvalue weighted by Crippen LogP contribution is -2.32. The van der Waals surface area contributed by atoms with Crippen LogP contribution < -0.4 is 5.32 Å². The SMILES string of the molecule is CCN(Cc1ccccc1)C(=O)c1cccc(C(=O)NCC2CCCO2)c1. The zero-order valence-electron chi connectivity index (χ0n) is 15.7. The summed E-state index contributed by atoms with van der Waals surface area (Å²) in [6, 6.07) is 16.8. The molecule has 5 nitrogen and oxygen atoms in total. The Hall–Kier alpha value is -2.66. The lowest BCUT2D eigenvalue weighted by molar-refractivity contribution is 0.0752. The van der Waals surface area contributed by atoms with Crippen molar-refractivity contribution in [2.24, 2.45) is 0 Å². The second kappa shape index (κ2) is 9.33. The van der Waals surface area contributed by atoms with Gasteiger partial charge >= 0.3 is 0 Å². The summed E-state index contributed by atoms with van der Waals surface area (Å²) in [7, 11) is 0. The van der Waals surface area contributed by atoms with Gasteiger partial charge in [-0.2, -0.15) is 0 Å². The molecule has 1 aliphatic rings. The number of carbonyl (C=O) groups excluding carboxylic acids is 2. The van der Waals surface area contributed by atoms with Crippen LogP contribution in [0.25, 0.3) is 0 Å². The van der Waals surface area contributed by atoms with Gasteiger partial charge in [0, 0.05) is 37.4 Å². The van der Waals surface area contributed by atoms with E-state index in [4.69, 9.17) is 4.74 Å². The minimum absolute atomic E-state index is 0.0740. The molecule has 1 N–H and O–H groups in total. The van der Waals surface area contributed by atoms with E-state index in [-0.39, 0.29) is 17.9 Å². The first-order chi connectivity index (χ1) is 13.2. The molecule has 0 aliphatic carbocycles. The number of benzene rings is 2. The van der Waals surface area contributed by atoms with Crippen molar-refractivity contribution in [3.8, 4) is 0 Å². The van der Waals surface area contributed by atoms with E-state index in [1.807, 2.05) is 37.3 Å².